The number of hydrogen-bond donors (Lipinski definition) is 0. The zero-order chi connectivity index (χ0) is 19.3. The number of benzene rings is 1. The standard InChI is InChI=1S/C17H18ClN3O4S/c1-20(2)26(23,24)16-11-13(6-7-15(16)18)17(22)21(9-4-8-19)12-14-5-3-10-25-14/h3,5-7,10-11H,4,9,12H2,1-2H3. The van der Waals surface area contributed by atoms with Crippen LogP contribution in [-0.2, 0) is 16.6 Å². The van der Waals surface area contributed by atoms with Gasteiger partial charge < -0.3 is 9.32 Å². The Morgan fingerprint density at radius 1 is 1.31 bits per heavy atom. The second kappa shape index (κ2) is 8.36. The molecular formula is C17H18ClN3O4S. The first-order valence-corrected chi connectivity index (χ1v) is 9.50. The molecule has 0 aliphatic rings. The number of sulfonamides is 1. The maximum Gasteiger partial charge on any atom is 0.254 e. The Hall–Kier alpha value is -2.34. The van der Waals surface area contributed by atoms with E-state index in [1.165, 1.54) is 43.5 Å². The zero-order valence-corrected chi connectivity index (χ0v) is 15.9. The Morgan fingerprint density at radius 2 is 2.04 bits per heavy atom. The van der Waals surface area contributed by atoms with E-state index in [0.717, 1.165) is 4.31 Å². The zero-order valence-electron chi connectivity index (χ0n) is 14.3. The Bertz CT molecular complexity index is 918. The van der Waals surface area contributed by atoms with Crippen LogP contribution in [0.5, 0.6) is 0 Å². The first-order chi connectivity index (χ1) is 12.3. The summed E-state index contributed by atoms with van der Waals surface area (Å²) in [7, 11) is -1.03. The minimum absolute atomic E-state index is 0.0323. The van der Waals surface area contributed by atoms with Crippen molar-refractivity contribution in [3.8, 4) is 6.07 Å². The van der Waals surface area contributed by atoms with Gasteiger partial charge in [-0.25, -0.2) is 12.7 Å². The number of hydrogen-bond acceptors (Lipinski definition) is 5. The van der Waals surface area contributed by atoms with Gasteiger partial charge in [-0.15, -0.1) is 0 Å². The van der Waals surface area contributed by atoms with Crippen molar-refractivity contribution in [1.82, 2.24) is 9.21 Å². The van der Waals surface area contributed by atoms with Crippen LogP contribution in [-0.4, -0.2) is 44.2 Å². The minimum atomic E-state index is -3.80. The van der Waals surface area contributed by atoms with Gasteiger partial charge in [0.2, 0.25) is 10.0 Å². The molecule has 1 heterocycles. The summed E-state index contributed by atoms with van der Waals surface area (Å²) in [5, 5.41) is 8.86. The van der Waals surface area contributed by atoms with Crippen molar-refractivity contribution in [1.29, 1.82) is 5.26 Å². The van der Waals surface area contributed by atoms with Crippen LogP contribution >= 0.6 is 11.6 Å². The largest absolute Gasteiger partial charge is 0.467 e. The van der Waals surface area contributed by atoms with Gasteiger partial charge in [-0.2, -0.15) is 5.26 Å². The van der Waals surface area contributed by atoms with Gasteiger partial charge in [0, 0.05) is 26.2 Å². The van der Waals surface area contributed by atoms with Crippen molar-refractivity contribution in [2.24, 2.45) is 0 Å². The van der Waals surface area contributed by atoms with E-state index in [9.17, 15) is 13.2 Å². The molecule has 1 amide bonds. The predicted molar refractivity (Wildman–Crippen MR) is 96.0 cm³/mol. The van der Waals surface area contributed by atoms with Gasteiger partial charge in [-0.05, 0) is 30.3 Å². The van der Waals surface area contributed by atoms with Gasteiger partial charge >= 0.3 is 0 Å². The molecule has 0 bridgehead atoms. The number of carbonyl (C=O) groups is 1. The average molecular weight is 396 g/mol. The molecular weight excluding hydrogens is 378 g/mol. The second-order valence-corrected chi connectivity index (χ2v) is 8.17. The normalized spacial score (nSPS) is 11.3. The molecule has 0 unspecified atom stereocenters. The fraction of sp³-hybridized carbons (Fsp3) is 0.294. The maximum atomic E-state index is 12.9. The van der Waals surface area contributed by atoms with Gasteiger partial charge in [0.05, 0.1) is 30.3 Å². The van der Waals surface area contributed by atoms with Crippen molar-refractivity contribution in [3.63, 3.8) is 0 Å². The first kappa shape index (κ1) is 20.0. The highest BCUT2D eigenvalue weighted by atomic mass is 35.5. The van der Waals surface area contributed by atoms with Crippen LogP contribution in [0.25, 0.3) is 0 Å². The number of rotatable bonds is 7. The summed E-state index contributed by atoms with van der Waals surface area (Å²) in [6.45, 7) is 0.361. The molecule has 0 aliphatic heterocycles. The molecule has 0 saturated carbocycles. The van der Waals surface area contributed by atoms with E-state index in [1.54, 1.807) is 12.1 Å². The lowest BCUT2D eigenvalue weighted by Gasteiger charge is -2.21. The van der Waals surface area contributed by atoms with Gasteiger partial charge in [0.25, 0.3) is 5.91 Å². The topological polar surface area (TPSA) is 94.6 Å². The SMILES string of the molecule is CN(C)S(=O)(=O)c1cc(C(=O)N(CCC#N)Cc2ccco2)ccc1Cl. The average Bonchev–Trinajstić information content (AvgIpc) is 3.11. The highest BCUT2D eigenvalue weighted by Crippen LogP contribution is 2.25. The second-order valence-electron chi connectivity index (χ2n) is 5.65. The number of halogens is 1. The Kier molecular flexibility index (Phi) is 6.42. The first-order valence-electron chi connectivity index (χ1n) is 7.68. The molecule has 9 heteroatoms. The summed E-state index contributed by atoms with van der Waals surface area (Å²) in [6, 6.07) is 9.50. The molecule has 0 aliphatic carbocycles. The molecule has 2 rings (SSSR count). The smallest absolute Gasteiger partial charge is 0.254 e. The van der Waals surface area contributed by atoms with E-state index < -0.39 is 15.9 Å². The van der Waals surface area contributed by atoms with Crippen molar-refractivity contribution >= 4 is 27.5 Å². The number of amides is 1. The lowest BCUT2D eigenvalue weighted by molar-refractivity contribution is 0.0735. The van der Waals surface area contributed by atoms with Crippen LogP contribution in [0, 0.1) is 11.3 Å². The van der Waals surface area contributed by atoms with Gasteiger partial charge in [-0.1, -0.05) is 11.6 Å². The molecule has 138 valence electrons. The van der Waals surface area contributed by atoms with E-state index >= 15 is 0 Å². The van der Waals surface area contributed by atoms with E-state index in [-0.39, 0.29) is 35.0 Å². The van der Waals surface area contributed by atoms with Gasteiger partial charge in [-0.3, -0.25) is 4.79 Å². The molecule has 0 saturated heterocycles. The fourth-order valence-corrected chi connectivity index (χ4v) is 3.64. The van der Waals surface area contributed by atoms with Crippen LogP contribution in [0.2, 0.25) is 5.02 Å². The molecule has 1 aromatic heterocycles. The summed E-state index contributed by atoms with van der Waals surface area (Å²) >= 11 is 6.02. The van der Waals surface area contributed by atoms with Crippen molar-refractivity contribution in [2.45, 2.75) is 17.9 Å². The number of carbonyl (C=O) groups excluding carboxylic acids is 1. The third-order valence-electron chi connectivity index (χ3n) is 3.64. The summed E-state index contributed by atoms with van der Waals surface area (Å²) < 4.78 is 31.1. The Labute approximate surface area is 157 Å². The molecule has 0 atom stereocenters. The molecule has 0 N–H and O–H groups in total. The Balaban J connectivity index is 2.38. The van der Waals surface area contributed by atoms with Crippen LogP contribution in [0.1, 0.15) is 22.5 Å². The predicted octanol–water partition coefficient (Wildman–Crippen LogP) is 2.74. The summed E-state index contributed by atoms with van der Waals surface area (Å²) in [5.41, 5.74) is 0.166. The van der Waals surface area contributed by atoms with Crippen molar-refractivity contribution in [3.05, 3.63) is 52.9 Å². The minimum Gasteiger partial charge on any atom is -0.467 e. The number of nitrogens with zero attached hydrogens (tertiary/aromatic N) is 3. The quantitative estimate of drug-likeness (QED) is 0.718. The van der Waals surface area contributed by atoms with Crippen molar-refractivity contribution < 1.29 is 17.6 Å². The molecule has 0 radical (unpaired) electrons. The Morgan fingerprint density at radius 3 is 2.62 bits per heavy atom. The van der Waals surface area contributed by atoms with E-state index in [4.69, 9.17) is 21.3 Å². The fourth-order valence-electron chi connectivity index (χ4n) is 2.24. The summed E-state index contributed by atoms with van der Waals surface area (Å²) in [5.74, 6) is 0.148. The van der Waals surface area contributed by atoms with Crippen molar-refractivity contribution in [2.75, 3.05) is 20.6 Å². The number of furan rings is 1. The van der Waals surface area contributed by atoms with Crippen LogP contribution < -0.4 is 0 Å². The summed E-state index contributed by atoms with van der Waals surface area (Å²) in [6.07, 6.45) is 1.63. The highest BCUT2D eigenvalue weighted by molar-refractivity contribution is 7.89. The maximum absolute atomic E-state index is 12.9. The third-order valence-corrected chi connectivity index (χ3v) is 5.94. The van der Waals surface area contributed by atoms with Crippen LogP contribution in [0.4, 0.5) is 0 Å². The third kappa shape index (κ3) is 4.43. The summed E-state index contributed by atoms with van der Waals surface area (Å²) in [4.78, 5) is 14.1. The molecule has 0 fully saturated rings. The van der Waals surface area contributed by atoms with Crippen LogP contribution in [0.3, 0.4) is 0 Å². The lowest BCUT2D eigenvalue weighted by Crippen LogP contribution is -2.31. The van der Waals surface area contributed by atoms with Gasteiger partial charge in [0.1, 0.15) is 10.7 Å². The monoisotopic (exact) mass is 395 g/mol. The van der Waals surface area contributed by atoms with E-state index in [1.807, 2.05) is 6.07 Å². The molecule has 0 spiro atoms. The highest BCUT2D eigenvalue weighted by Gasteiger charge is 2.24. The molecule has 26 heavy (non-hydrogen) atoms. The van der Waals surface area contributed by atoms with E-state index in [0.29, 0.717) is 5.76 Å². The number of nitriles is 1. The van der Waals surface area contributed by atoms with Gasteiger partial charge in [0.15, 0.2) is 0 Å². The lowest BCUT2D eigenvalue weighted by atomic mass is 10.2. The molecule has 7 nitrogen and oxygen atoms in total. The molecule has 2 aromatic rings. The molecule has 1 aromatic carbocycles. The van der Waals surface area contributed by atoms with E-state index in [2.05, 4.69) is 0 Å². The van der Waals surface area contributed by atoms with Crippen LogP contribution in [0.15, 0.2) is 45.9 Å².